The molecule has 0 bridgehead atoms. The average Bonchev–Trinajstić information content (AvgIpc) is 2.49. The van der Waals surface area contributed by atoms with Crippen LogP contribution in [0, 0.1) is 0 Å². The minimum atomic E-state index is 0.149. The van der Waals surface area contributed by atoms with Crippen molar-refractivity contribution >= 4 is 17.3 Å². The lowest BCUT2D eigenvalue weighted by atomic mass is 10.1. The lowest BCUT2D eigenvalue weighted by molar-refractivity contribution is 0.301. The van der Waals surface area contributed by atoms with Gasteiger partial charge in [-0.1, -0.05) is 37.9 Å². The highest BCUT2D eigenvalue weighted by atomic mass is 35.5. The van der Waals surface area contributed by atoms with E-state index in [1.807, 2.05) is 6.07 Å². The van der Waals surface area contributed by atoms with E-state index in [0.29, 0.717) is 12.6 Å². The molecule has 0 aliphatic rings. The summed E-state index contributed by atoms with van der Waals surface area (Å²) in [6.07, 6.45) is 3.36. The van der Waals surface area contributed by atoms with Gasteiger partial charge in [-0.2, -0.15) is 0 Å². The van der Waals surface area contributed by atoms with Gasteiger partial charge in [0.05, 0.1) is 17.3 Å². The quantitative estimate of drug-likeness (QED) is 0.685. The molecule has 1 unspecified atom stereocenters. The summed E-state index contributed by atoms with van der Waals surface area (Å²) < 4.78 is 0. The third kappa shape index (κ3) is 5.85. The molecule has 0 fully saturated rings. The molecular weight excluding hydrogens is 284 g/mol. The third-order valence-corrected chi connectivity index (χ3v) is 3.97. The Bertz CT molecular complexity index is 412. The summed E-state index contributed by atoms with van der Waals surface area (Å²) in [5, 5.41) is 13.5. The van der Waals surface area contributed by atoms with E-state index in [9.17, 15) is 5.11 Å². The fraction of sp³-hybridized carbons (Fsp3) is 0.647. The molecule has 3 nitrogen and oxygen atoms in total. The standard InChI is InChI=1S/C17H29ClN2O/c1-4-6-10-20(11-12-21)17-8-7-15(13-16(17)18)14(3)19-9-5-2/h7-8,13-14,19,21H,4-6,9-12H2,1-3H3. The van der Waals surface area contributed by atoms with Gasteiger partial charge in [-0.15, -0.1) is 0 Å². The molecule has 1 aromatic rings. The highest BCUT2D eigenvalue weighted by Gasteiger charge is 2.12. The van der Waals surface area contributed by atoms with Gasteiger partial charge in [-0.05, 0) is 44.0 Å². The summed E-state index contributed by atoms with van der Waals surface area (Å²) >= 11 is 6.47. The molecule has 1 rings (SSSR count). The Kier molecular flexibility index (Phi) is 8.74. The van der Waals surface area contributed by atoms with E-state index in [1.54, 1.807) is 0 Å². The third-order valence-electron chi connectivity index (χ3n) is 3.66. The summed E-state index contributed by atoms with van der Waals surface area (Å²) in [5.41, 5.74) is 2.22. The highest BCUT2D eigenvalue weighted by Crippen LogP contribution is 2.29. The summed E-state index contributed by atoms with van der Waals surface area (Å²) in [4.78, 5) is 2.17. The van der Waals surface area contributed by atoms with Crippen LogP contribution >= 0.6 is 11.6 Å². The van der Waals surface area contributed by atoms with Crippen molar-refractivity contribution in [1.29, 1.82) is 0 Å². The largest absolute Gasteiger partial charge is 0.395 e. The molecule has 0 spiro atoms. The molecule has 0 heterocycles. The zero-order valence-corrected chi connectivity index (χ0v) is 14.3. The van der Waals surface area contributed by atoms with Crippen molar-refractivity contribution in [2.75, 3.05) is 31.1 Å². The fourth-order valence-corrected chi connectivity index (χ4v) is 2.66. The maximum Gasteiger partial charge on any atom is 0.0642 e. The summed E-state index contributed by atoms with van der Waals surface area (Å²) in [5.74, 6) is 0. The van der Waals surface area contributed by atoms with Gasteiger partial charge in [0.2, 0.25) is 0 Å². The molecule has 0 saturated carbocycles. The average molecular weight is 313 g/mol. The molecule has 0 aliphatic heterocycles. The summed E-state index contributed by atoms with van der Waals surface area (Å²) in [7, 11) is 0. The zero-order valence-electron chi connectivity index (χ0n) is 13.5. The van der Waals surface area contributed by atoms with Gasteiger partial charge in [-0.3, -0.25) is 0 Å². The normalized spacial score (nSPS) is 12.4. The van der Waals surface area contributed by atoms with Crippen molar-refractivity contribution in [3.8, 4) is 0 Å². The van der Waals surface area contributed by atoms with Gasteiger partial charge in [-0.25, -0.2) is 0 Å². The first-order chi connectivity index (χ1) is 10.1. The Labute approximate surface area is 134 Å². The van der Waals surface area contributed by atoms with Crippen LogP contribution in [0.3, 0.4) is 0 Å². The van der Waals surface area contributed by atoms with Crippen LogP contribution in [0.2, 0.25) is 5.02 Å². The Morgan fingerprint density at radius 2 is 2.00 bits per heavy atom. The number of unbranched alkanes of at least 4 members (excludes halogenated alkanes) is 1. The van der Waals surface area contributed by atoms with Crippen LogP contribution in [-0.2, 0) is 0 Å². The molecule has 2 N–H and O–H groups in total. The van der Waals surface area contributed by atoms with Crippen LogP contribution < -0.4 is 10.2 Å². The van der Waals surface area contributed by atoms with Crippen LogP contribution in [0.25, 0.3) is 0 Å². The molecular formula is C17H29ClN2O. The minimum absolute atomic E-state index is 0.149. The number of halogens is 1. The smallest absolute Gasteiger partial charge is 0.0642 e. The minimum Gasteiger partial charge on any atom is -0.395 e. The predicted molar refractivity (Wildman–Crippen MR) is 92.4 cm³/mol. The van der Waals surface area contributed by atoms with Crippen LogP contribution in [-0.4, -0.2) is 31.3 Å². The van der Waals surface area contributed by atoms with Crippen LogP contribution in [0.1, 0.15) is 51.6 Å². The molecule has 4 heteroatoms. The molecule has 21 heavy (non-hydrogen) atoms. The summed E-state index contributed by atoms with van der Waals surface area (Å²) in [6.45, 7) is 9.20. The molecule has 0 amide bonds. The van der Waals surface area contributed by atoms with Gasteiger partial charge in [0.15, 0.2) is 0 Å². The number of hydrogen-bond acceptors (Lipinski definition) is 3. The van der Waals surface area contributed by atoms with Gasteiger partial charge < -0.3 is 15.3 Å². The number of nitrogens with one attached hydrogen (secondary N) is 1. The van der Waals surface area contributed by atoms with E-state index in [-0.39, 0.29) is 6.61 Å². The molecule has 1 atom stereocenters. The van der Waals surface area contributed by atoms with Crippen LogP contribution in [0.5, 0.6) is 0 Å². The maximum absolute atomic E-state index is 9.23. The molecule has 0 saturated heterocycles. The number of aliphatic hydroxyl groups is 1. The Hall–Kier alpha value is -0.770. The second kappa shape index (κ2) is 10.0. The van der Waals surface area contributed by atoms with Crippen molar-refractivity contribution in [3.05, 3.63) is 28.8 Å². The lowest BCUT2D eigenvalue weighted by Gasteiger charge is -2.26. The zero-order chi connectivity index (χ0) is 15.7. The monoisotopic (exact) mass is 312 g/mol. The number of anilines is 1. The second-order valence-corrected chi connectivity index (χ2v) is 5.86. The topological polar surface area (TPSA) is 35.5 Å². The molecule has 0 aromatic heterocycles. The van der Waals surface area contributed by atoms with Gasteiger partial charge in [0.25, 0.3) is 0 Å². The number of aliphatic hydroxyl groups excluding tert-OH is 1. The molecule has 120 valence electrons. The number of rotatable bonds is 10. The highest BCUT2D eigenvalue weighted by molar-refractivity contribution is 6.33. The van der Waals surface area contributed by atoms with Gasteiger partial charge in [0.1, 0.15) is 0 Å². The van der Waals surface area contributed by atoms with E-state index in [4.69, 9.17) is 11.6 Å². The Balaban J connectivity index is 2.83. The molecule has 1 aromatic carbocycles. The van der Waals surface area contributed by atoms with Gasteiger partial charge >= 0.3 is 0 Å². The second-order valence-electron chi connectivity index (χ2n) is 5.45. The van der Waals surface area contributed by atoms with Crippen molar-refractivity contribution in [1.82, 2.24) is 5.32 Å². The van der Waals surface area contributed by atoms with E-state index < -0.39 is 0 Å². The Morgan fingerprint density at radius 3 is 2.57 bits per heavy atom. The fourth-order valence-electron chi connectivity index (χ4n) is 2.35. The lowest BCUT2D eigenvalue weighted by Crippen LogP contribution is -2.28. The Morgan fingerprint density at radius 1 is 1.24 bits per heavy atom. The molecule has 0 radical (unpaired) electrons. The van der Waals surface area contributed by atoms with E-state index in [2.05, 4.69) is 43.1 Å². The number of hydrogen-bond donors (Lipinski definition) is 2. The maximum atomic E-state index is 9.23. The predicted octanol–water partition coefficient (Wildman–Crippen LogP) is 4.00. The van der Waals surface area contributed by atoms with E-state index in [0.717, 1.165) is 43.1 Å². The van der Waals surface area contributed by atoms with E-state index >= 15 is 0 Å². The van der Waals surface area contributed by atoms with Crippen molar-refractivity contribution in [2.24, 2.45) is 0 Å². The van der Waals surface area contributed by atoms with E-state index in [1.165, 1.54) is 5.56 Å². The van der Waals surface area contributed by atoms with Crippen LogP contribution in [0.15, 0.2) is 18.2 Å². The van der Waals surface area contributed by atoms with Crippen molar-refractivity contribution < 1.29 is 5.11 Å². The number of nitrogens with zero attached hydrogens (tertiary/aromatic N) is 1. The van der Waals surface area contributed by atoms with Crippen LogP contribution in [0.4, 0.5) is 5.69 Å². The SMILES string of the molecule is CCCCN(CCO)c1ccc(C(C)NCCC)cc1Cl. The summed E-state index contributed by atoms with van der Waals surface area (Å²) in [6, 6.07) is 6.55. The van der Waals surface area contributed by atoms with Crippen molar-refractivity contribution in [3.63, 3.8) is 0 Å². The first kappa shape index (κ1) is 18.3. The first-order valence-corrected chi connectivity index (χ1v) is 8.40. The molecule has 0 aliphatic carbocycles. The number of benzene rings is 1. The first-order valence-electron chi connectivity index (χ1n) is 8.02. The van der Waals surface area contributed by atoms with Crippen molar-refractivity contribution in [2.45, 2.75) is 46.1 Å². The van der Waals surface area contributed by atoms with Gasteiger partial charge in [0, 0.05) is 19.1 Å².